The van der Waals surface area contributed by atoms with E-state index in [4.69, 9.17) is 16.3 Å². The van der Waals surface area contributed by atoms with Crippen molar-refractivity contribution in [3.8, 4) is 0 Å². The van der Waals surface area contributed by atoms with Gasteiger partial charge in [0.25, 0.3) is 5.91 Å². The minimum Gasteiger partial charge on any atom is -0.452 e. The molecule has 1 heterocycles. The van der Waals surface area contributed by atoms with Crippen LogP contribution in [0.4, 0.5) is 15.8 Å². The molecule has 6 nitrogen and oxygen atoms in total. The number of carbonyl (C=O) groups is 3. The van der Waals surface area contributed by atoms with Crippen LogP contribution < -0.4 is 10.6 Å². The molecule has 0 saturated heterocycles. The molecular formula is C18H14ClFN2O4S. The number of esters is 1. The molecule has 2 aromatic carbocycles. The van der Waals surface area contributed by atoms with Gasteiger partial charge >= 0.3 is 5.97 Å². The summed E-state index contributed by atoms with van der Waals surface area (Å²) in [7, 11) is 0. The minimum atomic E-state index is -0.707. The van der Waals surface area contributed by atoms with Crippen molar-refractivity contribution in [2.75, 3.05) is 23.0 Å². The molecule has 0 saturated carbocycles. The van der Waals surface area contributed by atoms with Gasteiger partial charge < -0.3 is 15.4 Å². The highest BCUT2D eigenvalue weighted by Crippen LogP contribution is 2.31. The number of benzene rings is 2. The third-order valence-corrected chi connectivity index (χ3v) is 5.00. The number of thioether (sulfide) groups is 1. The van der Waals surface area contributed by atoms with Crippen molar-refractivity contribution in [2.24, 2.45) is 0 Å². The smallest absolute Gasteiger partial charge is 0.338 e. The average Bonchev–Trinajstić information content (AvgIpc) is 2.81. The molecule has 2 N–H and O–H groups in total. The molecule has 0 radical (unpaired) electrons. The Morgan fingerprint density at radius 3 is 2.85 bits per heavy atom. The summed E-state index contributed by atoms with van der Waals surface area (Å²) in [5.74, 6) is -1.31. The van der Waals surface area contributed by atoms with Crippen molar-refractivity contribution in [3.63, 3.8) is 0 Å². The first-order chi connectivity index (χ1) is 12.9. The number of halogens is 2. The van der Waals surface area contributed by atoms with E-state index in [1.807, 2.05) is 0 Å². The Labute approximate surface area is 163 Å². The Hall–Kier alpha value is -2.58. The van der Waals surface area contributed by atoms with Crippen LogP contribution in [0.3, 0.4) is 0 Å². The van der Waals surface area contributed by atoms with Crippen molar-refractivity contribution in [3.05, 3.63) is 52.8 Å². The largest absolute Gasteiger partial charge is 0.452 e. The van der Waals surface area contributed by atoms with Crippen molar-refractivity contribution >= 4 is 52.5 Å². The van der Waals surface area contributed by atoms with Crippen LogP contribution >= 0.6 is 23.4 Å². The number of rotatable bonds is 4. The summed E-state index contributed by atoms with van der Waals surface area (Å²) < 4.78 is 18.0. The van der Waals surface area contributed by atoms with Gasteiger partial charge in [0.15, 0.2) is 6.61 Å². The molecule has 2 amide bonds. The summed E-state index contributed by atoms with van der Waals surface area (Å²) in [6.45, 7) is -0.537. The molecule has 27 heavy (non-hydrogen) atoms. The molecule has 0 atom stereocenters. The van der Waals surface area contributed by atoms with Crippen molar-refractivity contribution in [1.82, 2.24) is 0 Å². The second-order valence-corrected chi connectivity index (χ2v) is 7.15. The number of carbonyl (C=O) groups excluding carboxylic acids is 3. The molecular weight excluding hydrogens is 395 g/mol. The van der Waals surface area contributed by atoms with E-state index in [0.29, 0.717) is 17.9 Å². The monoisotopic (exact) mass is 408 g/mol. The highest BCUT2D eigenvalue weighted by molar-refractivity contribution is 7.99. The Kier molecular flexibility index (Phi) is 5.98. The maximum Gasteiger partial charge on any atom is 0.338 e. The lowest BCUT2D eigenvalue weighted by Crippen LogP contribution is -2.21. The lowest BCUT2D eigenvalue weighted by molar-refractivity contribution is -0.119. The van der Waals surface area contributed by atoms with E-state index in [1.165, 1.54) is 23.9 Å². The molecule has 0 bridgehead atoms. The summed E-state index contributed by atoms with van der Waals surface area (Å²) >= 11 is 7.34. The van der Waals surface area contributed by atoms with Crippen LogP contribution in [0, 0.1) is 5.82 Å². The zero-order valence-corrected chi connectivity index (χ0v) is 15.5. The fourth-order valence-corrected chi connectivity index (χ4v) is 3.49. The van der Waals surface area contributed by atoms with E-state index < -0.39 is 24.3 Å². The molecule has 3 rings (SSSR count). The summed E-state index contributed by atoms with van der Waals surface area (Å²) in [6, 6.07) is 8.33. The maximum atomic E-state index is 13.0. The molecule has 0 aliphatic carbocycles. The predicted octanol–water partition coefficient (Wildman–Crippen LogP) is 3.71. The molecule has 0 unspecified atom stereocenters. The number of ether oxygens (including phenoxy) is 1. The lowest BCUT2D eigenvalue weighted by atomic mass is 10.2. The van der Waals surface area contributed by atoms with Crippen molar-refractivity contribution in [2.45, 2.75) is 11.3 Å². The summed E-state index contributed by atoms with van der Waals surface area (Å²) in [4.78, 5) is 36.6. The topological polar surface area (TPSA) is 84.5 Å². The predicted molar refractivity (Wildman–Crippen MR) is 101 cm³/mol. The fraction of sp³-hybridized carbons (Fsp3) is 0.167. The van der Waals surface area contributed by atoms with E-state index in [2.05, 4.69) is 10.6 Å². The van der Waals surface area contributed by atoms with Crippen LogP contribution in [0.2, 0.25) is 5.02 Å². The Morgan fingerprint density at radius 1 is 1.26 bits per heavy atom. The first-order valence-corrected chi connectivity index (χ1v) is 9.27. The van der Waals surface area contributed by atoms with E-state index in [0.717, 1.165) is 17.0 Å². The molecule has 9 heteroatoms. The van der Waals surface area contributed by atoms with Gasteiger partial charge in [0, 0.05) is 17.1 Å². The molecule has 0 fully saturated rings. The quantitative estimate of drug-likeness (QED) is 0.753. The number of amides is 2. The van der Waals surface area contributed by atoms with Gasteiger partial charge in [-0.05, 0) is 36.4 Å². The van der Waals surface area contributed by atoms with Gasteiger partial charge in [0.1, 0.15) is 5.82 Å². The van der Waals surface area contributed by atoms with Crippen molar-refractivity contribution < 1.29 is 23.5 Å². The average molecular weight is 409 g/mol. The first kappa shape index (κ1) is 19.2. The van der Waals surface area contributed by atoms with Crippen LogP contribution in [0.5, 0.6) is 0 Å². The number of anilines is 2. The second-order valence-electron chi connectivity index (χ2n) is 5.61. The van der Waals surface area contributed by atoms with E-state index >= 15 is 0 Å². The van der Waals surface area contributed by atoms with E-state index in [9.17, 15) is 18.8 Å². The molecule has 0 spiro atoms. The Morgan fingerprint density at radius 2 is 2.07 bits per heavy atom. The summed E-state index contributed by atoms with van der Waals surface area (Å²) in [5.41, 5.74) is 0.965. The fourth-order valence-electron chi connectivity index (χ4n) is 2.34. The SMILES string of the molecule is O=C(COC(=O)c1ccc2c(c1)NC(=O)CCS2)Nc1ccc(F)cc1Cl. The van der Waals surface area contributed by atoms with Crippen LogP contribution in [0.1, 0.15) is 16.8 Å². The third-order valence-electron chi connectivity index (χ3n) is 3.62. The van der Waals surface area contributed by atoms with Crippen molar-refractivity contribution in [1.29, 1.82) is 0 Å². The van der Waals surface area contributed by atoms with Crippen LogP contribution in [0.15, 0.2) is 41.3 Å². The van der Waals surface area contributed by atoms with Gasteiger partial charge in [0.05, 0.1) is 22.0 Å². The molecule has 140 valence electrons. The zero-order valence-electron chi connectivity index (χ0n) is 13.9. The molecule has 1 aliphatic rings. The second kappa shape index (κ2) is 8.41. The van der Waals surface area contributed by atoms with E-state index in [1.54, 1.807) is 12.1 Å². The normalized spacial score (nSPS) is 13.2. The number of fused-ring (bicyclic) bond motifs is 1. The lowest BCUT2D eigenvalue weighted by Gasteiger charge is -2.10. The first-order valence-electron chi connectivity index (χ1n) is 7.91. The van der Waals surface area contributed by atoms with Crippen LogP contribution in [-0.4, -0.2) is 30.1 Å². The standard InChI is InChI=1S/C18H14ClFN2O4S/c19-12-8-11(20)2-3-13(12)21-17(24)9-26-18(25)10-1-4-15-14(7-10)22-16(23)5-6-27-15/h1-4,7-8H,5-6,9H2,(H,21,24)(H,22,23). The molecule has 0 aromatic heterocycles. The van der Waals surface area contributed by atoms with Gasteiger partial charge in [-0.3, -0.25) is 9.59 Å². The minimum absolute atomic E-state index is 0.0358. The highest BCUT2D eigenvalue weighted by Gasteiger charge is 2.17. The zero-order chi connectivity index (χ0) is 19.4. The molecule has 1 aliphatic heterocycles. The van der Waals surface area contributed by atoms with Crippen LogP contribution in [-0.2, 0) is 14.3 Å². The number of nitrogens with one attached hydrogen (secondary N) is 2. The Balaban J connectivity index is 1.60. The van der Waals surface area contributed by atoms with E-state index in [-0.39, 0.29) is 22.2 Å². The molecule has 2 aromatic rings. The van der Waals surface area contributed by atoms with Crippen LogP contribution in [0.25, 0.3) is 0 Å². The third kappa shape index (κ3) is 4.99. The van der Waals surface area contributed by atoms with Gasteiger partial charge in [0.2, 0.25) is 5.91 Å². The number of hydrogen-bond acceptors (Lipinski definition) is 5. The maximum absolute atomic E-state index is 13.0. The highest BCUT2D eigenvalue weighted by atomic mass is 35.5. The number of hydrogen-bond donors (Lipinski definition) is 2. The van der Waals surface area contributed by atoms with Gasteiger partial charge in [-0.15, -0.1) is 11.8 Å². The van der Waals surface area contributed by atoms with Gasteiger partial charge in [-0.25, -0.2) is 9.18 Å². The summed E-state index contributed by atoms with van der Waals surface area (Å²) in [6.07, 6.45) is 0.394. The summed E-state index contributed by atoms with van der Waals surface area (Å²) in [5, 5.41) is 5.20. The van der Waals surface area contributed by atoms with Gasteiger partial charge in [-0.1, -0.05) is 11.6 Å². The Bertz CT molecular complexity index is 922. The van der Waals surface area contributed by atoms with Gasteiger partial charge in [-0.2, -0.15) is 0 Å².